The van der Waals surface area contributed by atoms with Crippen molar-refractivity contribution in [3.63, 3.8) is 0 Å². The van der Waals surface area contributed by atoms with E-state index in [0.29, 0.717) is 17.3 Å². The lowest BCUT2D eigenvalue weighted by Crippen LogP contribution is -2.57. The molecule has 3 rings (SSSR count). The van der Waals surface area contributed by atoms with Crippen molar-refractivity contribution < 1.29 is 14.7 Å². The molecule has 0 aromatic rings. The molecule has 0 aromatic heterocycles. The molecule has 0 radical (unpaired) electrons. The Morgan fingerprint density at radius 2 is 1.96 bits per heavy atom. The first kappa shape index (κ1) is 20.4. The fraction of sp³-hybridized carbons (Fsp3) is 0.826. The Labute approximate surface area is 164 Å². The SMILES string of the molecule is CC[C@@]1(C)CC=C2C(CCC3[C@](C)(C(=O)N[C@@H](C)C(=O)O)CCC[C@@]23C)C1. The van der Waals surface area contributed by atoms with Crippen LogP contribution in [-0.4, -0.2) is 23.0 Å². The fourth-order valence-electron chi connectivity index (χ4n) is 6.48. The average Bonchev–Trinajstić information content (AvgIpc) is 2.61. The van der Waals surface area contributed by atoms with Crippen molar-refractivity contribution in [2.75, 3.05) is 0 Å². The first-order valence-corrected chi connectivity index (χ1v) is 10.8. The molecule has 0 saturated heterocycles. The van der Waals surface area contributed by atoms with E-state index in [-0.39, 0.29) is 11.3 Å². The normalized spacial score (nSPS) is 42.3. The van der Waals surface area contributed by atoms with Crippen LogP contribution in [0.3, 0.4) is 0 Å². The molecule has 152 valence electrons. The number of allylic oxidation sites excluding steroid dienone is 2. The van der Waals surface area contributed by atoms with Gasteiger partial charge in [0, 0.05) is 0 Å². The minimum Gasteiger partial charge on any atom is -0.480 e. The van der Waals surface area contributed by atoms with Crippen LogP contribution in [0.15, 0.2) is 11.6 Å². The topological polar surface area (TPSA) is 66.4 Å². The second kappa shape index (κ2) is 6.93. The van der Waals surface area contributed by atoms with Crippen molar-refractivity contribution in [2.24, 2.45) is 28.1 Å². The van der Waals surface area contributed by atoms with E-state index in [0.717, 1.165) is 32.1 Å². The van der Waals surface area contributed by atoms with Crippen LogP contribution in [0.25, 0.3) is 0 Å². The van der Waals surface area contributed by atoms with E-state index in [1.807, 2.05) is 0 Å². The number of carbonyl (C=O) groups is 2. The third-order valence-corrected chi connectivity index (χ3v) is 8.48. The highest BCUT2D eigenvalue weighted by Crippen LogP contribution is 2.63. The number of fused-ring (bicyclic) bond motifs is 3. The lowest BCUT2D eigenvalue weighted by Gasteiger charge is -2.58. The summed E-state index contributed by atoms with van der Waals surface area (Å²) < 4.78 is 0. The van der Waals surface area contributed by atoms with Crippen LogP contribution < -0.4 is 5.32 Å². The van der Waals surface area contributed by atoms with Gasteiger partial charge in [-0.15, -0.1) is 0 Å². The van der Waals surface area contributed by atoms with Crippen molar-refractivity contribution in [1.29, 1.82) is 0 Å². The Hall–Kier alpha value is -1.32. The van der Waals surface area contributed by atoms with Gasteiger partial charge in [0.25, 0.3) is 0 Å². The van der Waals surface area contributed by atoms with Gasteiger partial charge in [-0.05, 0) is 68.1 Å². The van der Waals surface area contributed by atoms with Gasteiger partial charge in [0.2, 0.25) is 5.91 Å². The number of hydrogen-bond donors (Lipinski definition) is 2. The predicted octanol–water partition coefficient (Wildman–Crippen LogP) is 4.93. The molecule has 0 bridgehead atoms. The Morgan fingerprint density at radius 3 is 2.59 bits per heavy atom. The smallest absolute Gasteiger partial charge is 0.325 e. The van der Waals surface area contributed by atoms with Crippen LogP contribution in [0.4, 0.5) is 0 Å². The molecule has 4 heteroatoms. The van der Waals surface area contributed by atoms with Crippen molar-refractivity contribution in [1.82, 2.24) is 5.32 Å². The highest BCUT2D eigenvalue weighted by molar-refractivity contribution is 5.87. The van der Waals surface area contributed by atoms with E-state index in [2.05, 4.69) is 39.1 Å². The number of rotatable bonds is 4. The minimum atomic E-state index is -0.969. The number of nitrogens with one attached hydrogen (secondary N) is 1. The number of carboxylic acids is 1. The van der Waals surface area contributed by atoms with Crippen molar-refractivity contribution in [3.05, 3.63) is 11.6 Å². The Balaban J connectivity index is 1.89. The van der Waals surface area contributed by atoms with Crippen LogP contribution in [0, 0.1) is 28.1 Å². The summed E-state index contributed by atoms with van der Waals surface area (Å²) in [5.41, 5.74) is 1.63. The van der Waals surface area contributed by atoms with Gasteiger partial charge in [0.05, 0.1) is 5.41 Å². The van der Waals surface area contributed by atoms with Crippen molar-refractivity contribution >= 4 is 11.9 Å². The maximum atomic E-state index is 13.1. The van der Waals surface area contributed by atoms with Gasteiger partial charge in [0.15, 0.2) is 0 Å². The lowest BCUT2D eigenvalue weighted by molar-refractivity contribution is -0.148. The monoisotopic (exact) mass is 375 g/mol. The quantitative estimate of drug-likeness (QED) is 0.684. The summed E-state index contributed by atoms with van der Waals surface area (Å²) in [6, 6.07) is -0.835. The Kier molecular flexibility index (Phi) is 5.24. The summed E-state index contributed by atoms with van der Waals surface area (Å²) in [5, 5.41) is 12.0. The molecule has 6 atom stereocenters. The number of carbonyl (C=O) groups excluding carboxylic acids is 1. The third kappa shape index (κ3) is 3.34. The van der Waals surface area contributed by atoms with Crippen LogP contribution in [0.5, 0.6) is 0 Å². The highest BCUT2D eigenvalue weighted by Gasteiger charge is 2.57. The summed E-state index contributed by atoms with van der Waals surface area (Å²) >= 11 is 0. The number of hydrogen-bond acceptors (Lipinski definition) is 2. The third-order valence-electron chi connectivity index (χ3n) is 8.48. The second-order valence-electron chi connectivity index (χ2n) is 10.3. The molecular formula is C23H37NO3. The van der Waals surface area contributed by atoms with Gasteiger partial charge in [-0.25, -0.2) is 0 Å². The van der Waals surface area contributed by atoms with Gasteiger partial charge in [-0.3, -0.25) is 9.59 Å². The highest BCUT2D eigenvalue weighted by atomic mass is 16.4. The number of aliphatic carboxylic acids is 1. The zero-order chi connectivity index (χ0) is 20.0. The van der Waals surface area contributed by atoms with E-state index in [1.165, 1.54) is 19.3 Å². The summed E-state index contributed by atoms with van der Waals surface area (Å²) in [5.74, 6) is -0.0776. The number of amides is 1. The molecule has 2 fully saturated rings. The Bertz CT molecular complexity index is 656. The summed E-state index contributed by atoms with van der Waals surface area (Å²) in [7, 11) is 0. The first-order chi connectivity index (χ1) is 12.6. The molecule has 1 amide bonds. The van der Waals surface area contributed by atoms with Crippen molar-refractivity contribution in [2.45, 2.75) is 92.0 Å². The van der Waals surface area contributed by atoms with Crippen LogP contribution in [-0.2, 0) is 9.59 Å². The average molecular weight is 376 g/mol. The van der Waals surface area contributed by atoms with Crippen LogP contribution >= 0.6 is 0 Å². The lowest BCUT2D eigenvalue weighted by atomic mass is 9.46. The number of carboxylic acid groups (broad SMARTS) is 1. The molecule has 3 aliphatic carbocycles. The van der Waals surface area contributed by atoms with Gasteiger partial charge >= 0.3 is 5.97 Å². The van der Waals surface area contributed by atoms with E-state index in [9.17, 15) is 14.7 Å². The molecule has 4 nitrogen and oxygen atoms in total. The first-order valence-electron chi connectivity index (χ1n) is 10.8. The molecular weight excluding hydrogens is 338 g/mol. The maximum Gasteiger partial charge on any atom is 0.325 e. The van der Waals surface area contributed by atoms with Gasteiger partial charge in [0.1, 0.15) is 6.04 Å². The van der Waals surface area contributed by atoms with Crippen molar-refractivity contribution in [3.8, 4) is 0 Å². The molecule has 27 heavy (non-hydrogen) atoms. The Morgan fingerprint density at radius 1 is 1.26 bits per heavy atom. The maximum absolute atomic E-state index is 13.1. The zero-order valence-electron chi connectivity index (χ0n) is 17.7. The summed E-state index contributed by atoms with van der Waals surface area (Å²) in [6.07, 6.45) is 11.5. The second-order valence-corrected chi connectivity index (χ2v) is 10.3. The summed E-state index contributed by atoms with van der Waals surface area (Å²) in [4.78, 5) is 24.4. The van der Waals surface area contributed by atoms with E-state index >= 15 is 0 Å². The predicted molar refractivity (Wildman–Crippen MR) is 107 cm³/mol. The largest absolute Gasteiger partial charge is 0.480 e. The van der Waals surface area contributed by atoms with Crippen LogP contribution in [0.2, 0.25) is 0 Å². The molecule has 0 aromatic carbocycles. The minimum absolute atomic E-state index is 0.0680. The molecule has 2 N–H and O–H groups in total. The molecule has 0 heterocycles. The van der Waals surface area contributed by atoms with E-state index in [4.69, 9.17) is 0 Å². The summed E-state index contributed by atoms with van der Waals surface area (Å²) in [6.45, 7) is 10.7. The molecule has 0 aliphatic heterocycles. The van der Waals surface area contributed by atoms with Gasteiger partial charge in [-0.2, -0.15) is 0 Å². The molecule has 0 spiro atoms. The fourth-order valence-corrected chi connectivity index (χ4v) is 6.48. The van der Waals surface area contributed by atoms with E-state index < -0.39 is 17.4 Å². The van der Waals surface area contributed by atoms with Crippen LogP contribution in [0.1, 0.15) is 86.0 Å². The van der Waals surface area contributed by atoms with Gasteiger partial charge < -0.3 is 10.4 Å². The molecule has 2 unspecified atom stereocenters. The standard InChI is InChI=1S/C23H37NO3/c1-6-21(3)13-10-17-16(14-21)8-9-18-22(17,4)11-7-12-23(18,5)20(27)24-15(2)19(25)26/h10,15-16,18H,6-9,11-14H2,1-5H3,(H,24,27)(H,25,26)/t15-,16?,18?,21-,22-,23+/m0/s1. The van der Waals surface area contributed by atoms with Gasteiger partial charge in [-0.1, -0.05) is 52.2 Å². The molecule has 3 aliphatic rings. The molecule has 2 saturated carbocycles. The zero-order valence-corrected chi connectivity index (χ0v) is 17.7. The van der Waals surface area contributed by atoms with E-state index in [1.54, 1.807) is 12.5 Å².